The molecule has 0 unspecified atom stereocenters. The summed E-state index contributed by atoms with van der Waals surface area (Å²) in [6.45, 7) is 0.312. The topological polar surface area (TPSA) is 58.7 Å². The van der Waals surface area contributed by atoms with Crippen molar-refractivity contribution in [3.8, 4) is 6.07 Å². The minimum atomic E-state index is -0.238. The van der Waals surface area contributed by atoms with Crippen LogP contribution in [0.4, 0.5) is 0 Å². The van der Waals surface area contributed by atoms with Gasteiger partial charge in [0.2, 0.25) is 0 Å². The van der Waals surface area contributed by atoms with Gasteiger partial charge in [-0.3, -0.25) is 9.36 Å². The Morgan fingerprint density at radius 1 is 1.41 bits per heavy atom. The summed E-state index contributed by atoms with van der Waals surface area (Å²) in [6, 6.07) is 10.5. The summed E-state index contributed by atoms with van der Waals surface area (Å²) >= 11 is 5.60. The van der Waals surface area contributed by atoms with E-state index in [9.17, 15) is 4.79 Å². The summed E-state index contributed by atoms with van der Waals surface area (Å²) in [5.41, 5.74) is 1.09. The molecular formula is C12H8ClN3O. The van der Waals surface area contributed by atoms with Crippen molar-refractivity contribution in [1.29, 1.82) is 5.26 Å². The minimum Gasteiger partial charge on any atom is -0.295 e. The molecule has 84 valence electrons. The first-order valence-corrected chi connectivity index (χ1v) is 5.28. The van der Waals surface area contributed by atoms with Crippen LogP contribution in [0.2, 0.25) is 5.15 Å². The fourth-order valence-electron chi connectivity index (χ4n) is 1.47. The van der Waals surface area contributed by atoms with Crippen LogP contribution in [0, 0.1) is 11.3 Å². The Kier molecular flexibility index (Phi) is 3.22. The monoisotopic (exact) mass is 245 g/mol. The molecule has 2 aromatic rings. The Labute approximate surface area is 103 Å². The predicted molar refractivity (Wildman–Crippen MR) is 63.8 cm³/mol. The maximum absolute atomic E-state index is 11.6. The molecular weight excluding hydrogens is 238 g/mol. The molecule has 0 aliphatic carbocycles. The lowest BCUT2D eigenvalue weighted by molar-refractivity contribution is 0.735. The van der Waals surface area contributed by atoms with E-state index < -0.39 is 0 Å². The number of nitrogens with zero attached hydrogens (tertiary/aromatic N) is 3. The second-order valence-electron chi connectivity index (χ2n) is 3.45. The van der Waals surface area contributed by atoms with E-state index in [-0.39, 0.29) is 10.7 Å². The quantitative estimate of drug-likeness (QED) is 0.759. The van der Waals surface area contributed by atoms with Gasteiger partial charge in [-0.25, -0.2) is 4.98 Å². The van der Waals surface area contributed by atoms with E-state index in [0.717, 1.165) is 5.56 Å². The molecule has 0 atom stereocenters. The first-order valence-electron chi connectivity index (χ1n) is 4.90. The molecule has 1 aromatic carbocycles. The summed E-state index contributed by atoms with van der Waals surface area (Å²) in [5.74, 6) is 0. The van der Waals surface area contributed by atoms with Crippen LogP contribution in [0.5, 0.6) is 0 Å². The second kappa shape index (κ2) is 4.81. The zero-order valence-electron chi connectivity index (χ0n) is 8.80. The lowest BCUT2D eigenvalue weighted by Gasteiger charge is -2.06. The highest BCUT2D eigenvalue weighted by Gasteiger charge is 2.03. The van der Waals surface area contributed by atoms with E-state index in [4.69, 9.17) is 16.9 Å². The summed E-state index contributed by atoms with van der Waals surface area (Å²) in [5, 5.41) is 9.10. The average Bonchev–Trinajstić information content (AvgIpc) is 2.33. The maximum Gasteiger partial charge on any atom is 0.255 e. The van der Waals surface area contributed by atoms with E-state index in [2.05, 4.69) is 11.1 Å². The fourth-order valence-corrected chi connectivity index (χ4v) is 1.61. The molecule has 0 bridgehead atoms. The van der Waals surface area contributed by atoms with Crippen molar-refractivity contribution in [3.63, 3.8) is 0 Å². The highest BCUT2D eigenvalue weighted by molar-refractivity contribution is 6.29. The number of aromatic nitrogens is 2. The predicted octanol–water partition coefficient (Wildman–Crippen LogP) is 1.82. The molecule has 17 heavy (non-hydrogen) atoms. The third-order valence-corrected chi connectivity index (χ3v) is 2.53. The van der Waals surface area contributed by atoms with Gasteiger partial charge in [-0.15, -0.1) is 0 Å². The number of halogens is 1. The van der Waals surface area contributed by atoms with Gasteiger partial charge >= 0.3 is 0 Å². The number of benzene rings is 1. The van der Waals surface area contributed by atoms with Gasteiger partial charge in [0.05, 0.1) is 24.5 Å². The molecule has 0 saturated heterocycles. The fraction of sp³-hybridized carbons (Fsp3) is 0.0833. The molecule has 0 amide bonds. The van der Waals surface area contributed by atoms with Gasteiger partial charge in [0.25, 0.3) is 5.56 Å². The summed E-state index contributed by atoms with van der Waals surface area (Å²) < 4.78 is 1.40. The Morgan fingerprint density at radius 2 is 2.18 bits per heavy atom. The van der Waals surface area contributed by atoms with Crippen LogP contribution in [-0.4, -0.2) is 9.55 Å². The smallest absolute Gasteiger partial charge is 0.255 e. The summed E-state index contributed by atoms with van der Waals surface area (Å²) in [7, 11) is 0. The van der Waals surface area contributed by atoms with Crippen molar-refractivity contribution >= 4 is 11.6 Å². The number of hydrogen-bond donors (Lipinski definition) is 0. The van der Waals surface area contributed by atoms with Gasteiger partial charge in [0.1, 0.15) is 5.15 Å². The molecule has 2 rings (SSSR count). The molecule has 0 aliphatic rings. The number of rotatable bonds is 2. The summed E-state index contributed by atoms with van der Waals surface area (Å²) in [6.07, 6.45) is 1.37. The largest absolute Gasteiger partial charge is 0.295 e. The molecule has 0 radical (unpaired) electrons. The highest BCUT2D eigenvalue weighted by atomic mass is 35.5. The average molecular weight is 246 g/mol. The summed E-state index contributed by atoms with van der Waals surface area (Å²) in [4.78, 5) is 15.4. The molecule has 0 saturated carbocycles. The van der Waals surface area contributed by atoms with Crippen molar-refractivity contribution < 1.29 is 0 Å². The van der Waals surface area contributed by atoms with E-state index in [0.29, 0.717) is 12.1 Å². The Hall–Kier alpha value is -2.12. The third kappa shape index (κ3) is 2.52. The first kappa shape index (κ1) is 11.4. The van der Waals surface area contributed by atoms with E-state index in [1.807, 2.05) is 6.07 Å². The van der Waals surface area contributed by atoms with E-state index in [1.165, 1.54) is 17.0 Å². The third-order valence-electron chi connectivity index (χ3n) is 2.32. The van der Waals surface area contributed by atoms with Gasteiger partial charge in [-0.2, -0.15) is 5.26 Å². The SMILES string of the molecule is N#Cc1ccccc1Cn1cnc(Cl)cc1=O. The van der Waals surface area contributed by atoms with E-state index in [1.54, 1.807) is 18.2 Å². The van der Waals surface area contributed by atoms with Gasteiger partial charge in [0, 0.05) is 6.07 Å². The van der Waals surface area contributed by atoms with Crippen molar-refractivity contribution in [1.82, 2.24) is 9.55 Å². The lowest BCUT2D eigenvalue weighted by Crippen LogP contribution is -2.20. The Balaban J connectivity index is 2.39. The Morgan fingerprint density at radius 3 is 2.88 bits per heavy atom. The normalized spacial score (nSPS) is 9.88. The van der Waals surface area contributed by atoms with Gasteiger partial charge in [0.15, 0.2) is 0 Å². The van der Waals surface area contributed by atoms with Crippen LogP contribution in [0.1, 0.15) is 11.1 Å². The van der Waals surface area contributed by atoms with Crippen LogP contribution >= 0.6 is 11.6 Å². The second-order valence-corrected chi connectivity index (χ2v) is 3.83. The number of hydrogen-bond acceptors (Lipinski definition) is 3. The molecule has 0 spiro atoms. The Bertz CT molecular complexity index is 643. The molecule has 0 fully saturated rings. The van der Waals surface area contributed by atoms with Crippen LogP contribution in [-0.2, 0) is 6.54 Å². The molecule has 0 N–H and O–H groups in total. The van der Waals surface area contributed by atoms with Gasteiger partial charge < -0.3 is 0 Å². The van der Waals surface area contributed by atoms with Crippen molar-refractivity contribution in [3.05, 3.63) is 63.3 Å². The van der Waals surface area contributed by atoms with Crippen LogP contribution in [0.3, 0.4) is 0 Å². The zero-order chi connectivity index (χ0) is 12.3. The lowest BCUT2D eigenvalue weighted by atomic mass is 10.1. The van der Waals surface area contributed by atoms with Crippen molar-refractivity contribution in [2.45, 2.75) is 6.54 Å². The number of nitriles is 1. The van der Waals surface area contributed by atoms with Crippen LogP contribution in [0.15, 0.2) is 41.5 Å². The van der Waals surface area contributed by atoms with E-state index >= 15 is 0 Å². The van der Waals surface area contributed by atoms with Crippen molar-refractivity contribution in [2.75, 3.05) is 0 Å². The van der Waals surface area contributed by atoms with Crippen LogP contribution in [0.25, 0.3) is 0 Å². The van der Waals surface area contributed by atoms with Crippen LogP contribution < -0.4 is 5.56 Å². The van der Waals surface area contributed by atoms with Crippen molar-refractivity contribution in [2.24, 2.45) is 0 Å². The zero-order valence-corrected chi connectivity index (χ0v) is 9.55. The highest BCUT2D eigenvalue weighted by Crippen LogP contribution is 2.08. The molecule has 5 heteroatoms. The molecule has 0 aliphatic heterocycles. The molecule has 4 nitrogen and oxygen atoms in total. The van der Waals surface area contributed by atoms with Gasteiger partial charge in [-0.05, 0) is 11.6 Å². The standard InChI is InChI=1S/C12H8ClN3O/c13-11-5-12(17)16(8-15-11)7-10-4-2-1-3-9(10)6-14/h1-5,8H,7H2. The maximum atomic E-state index is 11.6. The minimum absolute atomic E-state index is 0.166. The van der Waals surface area contributed by atoms with Gasteiger partial charge in [-0.1, -0.05) is 29.8 Å². The molecule has 1 heterocycles. The first-order chi connectivity index (χ1) is 8.20. The molecule has 1 aromatic heterocycles.